The number of amides is 1. The number of halogens is 1. The summed E-state index contributed by atoms with van der Waals surface area (Å²) in [6, 6.07) is 10.9. The Balaban J connectivity index is 2.08. The number of hydrogen-bond donors (Lipinski definition) is 1. The summed E-state index contributed by atoms with van der Waals surface area (Å²) < 4.78 is 0. The third-order valence-electron chi connectivity index (χ3n) is 3.52. The summed E-state index contributed by atoms with van der Waals surface area (Å²) in [6.07, 6.45) is 0. The predicted molar refractivity (Wildman–Crippen MR) is 94.5 cm³/mol. The van der Waals surface area contributed by atoms with Gasteiger partial charge in [0, 0.05) is 11.6 Å². The van der Waals surface area contributed by atoms with Crippen molar-refractivity contribution >= 4 is 34.6 Å². The van der Waals surface area contributed by atoms with Gasteiger partial charge in [-0.2, -0.15) is 0 Å². The van der Waals surface area contributed by atoms with Crippen LogP contribution in [0, 0.1) is 0 Å². The largest absolute Gasteiger partial charge is 0.349 e. The first-order valence-electron chi connectivity index (χ1n) is 7.20. The van der Waals surface area contributed by atoms with Crippen LogP contribution in [0.25, 0.3) is 0 Å². The summed E-state index contributed by atoms with van der Waals surface area (Å²) in [5, 5.41) is 3.59. The Morgan fingerprint density at radius 3 is 2.39 bits per heavy atom. The van der Waals surface area contributed by atoms with Gasteiger partial charge in [0.2, 0.25) is 0 Å². The number of Topliss-reactive ketones (excluding diaryl/α,β-unsaturated/α-hetero) is 1. The molecular formula is C17H19ClN2O2S. The number of carbonyl (C=O) groups is 2. The summed E-state index contributed by atoms with van der Waals surface area (Å²) in [4.78, 5) is 26.7. The van der Waals surface area contributed by atoms with E-state index in [1.807, 2.05) is 43.3 Å². The molecule has 2 aromatic rings. The molecule has 1 N–H and O–H groups in total. The minimum Gasteiger partial charge on any atom is -0.349 e. The SMILES string of the molecule is CC(=O)c1ccc(C(=O)NC[C@@H](c2ccccc2Cl)N(C)C)s1. The number of nitrogens with zero attached hydrogens (tertiary/aromatic N) is 1. The summed E-state index contributed by atoms with van der Waals surface area (Å²) in [5.74, 6) is -0.210. The molecule has 4 nitrogen and oxygen atoms in total. The highest BCUT2D eigenvalue weighted by molar-refractivity contribution is 7.15. The van der Waals surface area contributed by atoms with Gasteiger partial charge in [0.1, 0.15) is 0 Å². The van der Waals surface area contributed by atoms with Gasteiger partial charge < -0.3 is 10.2 Å². The van der Waals surface area contributed by atoms with Crippen molar-refractivity contribution in [3.63, 3.8) is 0 Å². The normalized spacial score (nSPS) is 12.2. The highest BCUT2D eigenvalue weighted by Gasteiger charge is 2.19. The van der Waals surface area contributed by atoms with Gasteiger partial charge in [-0.1, -0.05) is 29.8 Å². The summed E-state index contributed by atoms with van der Waals surface area (Å²) in [5.41, 5.74) is 0.968. The lowest BCUT2D eigenvalue weighted by Gasteiger charge is -2.25. The number of ketones is 1. The van der Waals surface area contributed by atoms with Gasteiger partial charge >= 0.3 is 0 Å². The zero-order valence-electron chi connectivity index (χ0n) is 13.3. The van der Waals surface area contributed by atoms with Crippen LogP contribution in [0.5, 0.6) is 0 Å². The Morgan fingerprint density at radius 2 is 1.83 bits per heavy atom. The van der Waals surface area contributed by atoms with Crippen molar-refractivity contribution in [2.75, 3.05) is 20.6 Å². The second-order valence-electron chi connectivity index (χ2n) is 5.43. The van der Waals surface area contributed by atoms with Crippen LogP contribution in [0.3, 0.4) is 0 Å². The first-order valence-corrected chi connectivity index (χ1v) is 8.39. The average molecular weight is 351 g/mol. The van der Waals surface area contributed by atoms with Gasteiger partial charge in [-0.3, -0.25) is 9.59 Å². The molecule has 122 valence electrons. The number of thiophene rings is 1. The molecule has 0 fully saturated rings. The third kappa shape index (κ3) is 4.41. The molecule has 1 aromatic heterocycles. The Kier molecular flexibility index (Phi) is 5.93. The smallest absolute Gasteiger partial charge is 0.261 e. The minimum absolute atomic E-state index is 0.0279. The van der Waals surface area contributed by atoms with Crippen LogP contribution < -0.4 is 5.32 Å². The zero-order valence-corrected chi connectivity index (χ0v) is 14.9. The molecule has 0 aliphatic carbocycles. The highest BCUT2D eigenvalue weighted by atomic mass is 35.5. The van der Waals surface area contributed by atoms with E-state index >= 15 is 0 Å². The van der Waals surface area contributed by atoms with Crippen LogP contribution in [0.15, 0.2) is 36.4 Å². The Hall–Kier alpha value is -1.69. The number of benzene rings is 1. The topological polar surface area (TPSA) is 49.4 Å². The van der Waals surface area contributed by atoms with Gasteiger partial charge in [-0.05, 0) is 44.8 Å². The summed E-state index contributed by atoms with van der Waals surface area (Å²) >= 11 is 7.47. The zero-order chi connectivity index (χ0) is 17.0. The third-order valence-corrected chi connectivity index (χ3v) is 5.05. The van der Waals surface area contributed by atoms with E-state index in [-0.39, 0.29) is 17.7 Å². The van der Waals surface area contributed by atoms with Crippen molar-refractivity contribution in [2.24, 2.45) is 0 Å². The molecule has 1 amide bonds. The number of carbonyl (C=O) groups excluding carboxylic acids is 2. The monoisotopic (exact) mass is 350 g/mol. The Bertz CT molecular complexity index is 712. The van der Waals surface area contributed by atoms with Crippen LogP contribution in [0.2, 0.25) is 5.02 Å². The van der Waals surface area contributed by atoms with Crippen molar-refractivity contribution in [1.29, 1.82) is 0 Å². The molecular weight excluding hydrogens is 332 g/mol. The molecule has 23 heavy (non-hydrogen) atoms. The van der Waals surface area contributed by atoms with E-state index in [2.05, 4.69) is 5.32 Å². The molecule has 0 saturated heterocycles. The van der Waals surface area contributed by atoms with Gasteiger partial charge in [0.25, 0.3) is 5.91 Å². The highest BCUT2D eigenvalue weighted by Crippen LogP contribution is 2.25. The fourth-order valence-electron chi connectivity index (χ4n) is 2.24. The maximum Gasteiger partial charge on any atom is 0.261 e. The molecule has 1 aromatic carbocycles. The van der Waals surface area contributed by atoms with Crippen LogP contribution in [0.1, 0.15) is 37.9 Å². The van der Waals surface area contributed by atoms with Gasteiger partial charge in [0.15, 0.2) is 5.78 Å². The van der Waals surface area contributed by atoms with Crippen molar-refractivity contribution in [3.8, 4) is 0 Å². The van der Waals surface area contributed by atoms with Crippen molar-refractivity contribution < 1.29 is 9.59 Å². The fourth-order valence-corrected chi connectivity index (χ4v) is 3.32. The van der Waals surface area contributed by atoms with E-state index < -0.39 is 0 Å². The second-order valence-corrected chi connectivity index (χ2v) is 6.92. The van der Waals surface area contributed by atoms with Crippen molar-refractivity contribution in [1.82, 2.24) is 10.2 Å². The van der Waals surface area contributed by atoms with E-state index in [0.717, 1.165) is 5.56 Å². The van der Waals surface area contributed by atoms with E-state index in [1.54, 1.807) is 12.1 Å². The van der Waals surface area contributed by atoms with Gasteiger partial charge in [-0.15, -0.1) is 11.3 Å². The average Bonchev–Trinajstić information content (AvgIpc) is 2.99. The Labute approximate surface area is 145 Å². The Morgan fingerprint density at radius 1 is 1.17 bits per heavy atom. The maximum atomic E-state index is 12.3. The number of rotatable bonds is 6. The fraction of sp³-hybridized carbons (Fsp3) is 0.294. The first-order chi connectivity index (χ1) is 10.9. The van der Waals surface area contributed by atoms with Crippen molar-refractivity contribution in [3.05, 3.63) is 56.7 Å². The molecule has 0 bridgehead atoms. The lowest BCUT2D eigenvalue weighted by molar-refractivity contribution is 0.0945. The number of likely N-dealkylation sites (N-methyl/N-ethyl adjacent to an activating group) is 1. The lowest BCUT2D eigenvalue weighted by Crippen LogP contribution is -2.34. The molecule has 0 aliphatic heterocycles. The van der Waals surface area contributed by atoms with Crippen molar-refractivity contribution in [2.45, 2.75) is 13.0 Å². The van der Waals surface area contributed by atoms with E-state index in [9.17, 15) is 9.59 Å². The second kappa shape index (κ2) is 7.73. The summed E-state index contributed by atoms with van der Waals surface area (Å²) in [7, 11) is 3.89. The lowest BCUT2D eigenvalue weighted by atomic mass is 10.1. The number of nitrogens with one attached hydrogen (secondary N) is 1. The summed E-state index contributed by atoms with van der Waals surface area (Å²) in [6.45, 7) is 1.93. The van der Waals surface area contributed by atoms with Crippen LogP contribution >= 0.6 is 22.9 Å². The molecule has 0 radical (unpaired) electrons. The molecule has 1 atom stereocenters. The van der Waals surface area contributed by atoms with Crippen LogP contribution in [-0.2, 0) is 0 Å². The molecule has 6 heteroatoms. The van der Waals surface area contributed by atoms with Gasteiger partial charge in [0.05, 0.1) is 15.8 Å². The van der Waals surface area contributed by atoms with E-state index in [0.29, 0.717) is 21.3 Å². The first kappa shape index (κ1) is 17.7. The molecule has 1 heterocycles. The molecule has 0 saturated carbocycles. The molecule has 0 unspecified atom stereocenters. The van der Waals surface area contributed by atoms with E-state index in [4.69, 9.17) is 11.6 Å². The molecule has 0 spiro atoms. The van der Waals surface area contributed by atoms with Crippen LogP contribution in [-0.4, -0.2) is 37.2 Å². The molecule has 2 rings (SSSR count). The number of hydrogen-bond acceptors (Lipinski definition) is 4. The van der Waals surface area contributed by atoms with Crippen LogP contribution in [0.4, 0.5) is 0 Å². The van der Waals surface area contributed by atoms with E-state index in [1.165, 1.54) is 18.3 Å². The quantitative estimate of drug-likeness (QED) is 0.809. The predicted octanol–water partition coefficient (Wildman–Crippen LogP) is 3.64. The minimum atomic E-state index is -0.179. The van der Waals surface area contributed by atoms with Gasteiger partial charge in [-0.25, -0.2) is 0 Å². The molecule has 0 aliphatic rings. The maximum absolute atomic E-state index is 12.3. The standard InChI is InChI=1S/C17H19ClN2O2S/c1-11(21)15-8-9-16(23-15)17(22)19-10-14(20(2)3)12-6-4-5-7-13(12)18/h4-9,14H,10H2,1-3H3,(H,19,22)/t14-/m0/s1.